The summed E-state index contributed by atoms with van der Waals surface area (Å²) in [5.41, 5.74) is 0.989. The number of nitrogens with zero attached hydrogens (tertiary/aromatic N) is 2. The molecule has 1 atom stereocenters. The van der Waals surface area contributed by atoms with Crippen molar-refractivity contribution >= 4 is 38.3 Å². The number of benzene rings is 2. The lowest BCUT2D eigenvalue weighted by molar-refractivity contribution is -0.384. The van der Waals surface area contributed by atoms with E-state index in [9.17, 15) is 28.4 Å². The number of hydrogen-bond donors (Lipinski definition) is 3. The van der Waals surface area contributed by atoms with Crippen LogP contribution in [0.4, 0.5) is 11.4 Å². The Balaban J connectivity index is 1.63. The lowest BCUT2D eigenvalue weighted by Gasteiger charge is -2.26. The van der Waals surface area contributed by atoms with Crippen LogP contribution in [0.25, 0.3) is 10.9 Å². The molecule has 2 heterocycles. The van der Waals surface area contributed by atoms with Gasteiger partial charge in [0, 0.05) is 42.7 Å². The SMILES string of the molecule is O=C(O)C(Cc1c[nH]c2ccccc12)Nc1ccc(S(=O)(=O)N2CCOCC2)cc1[N+](=O)[O-]. The van der Waals surface area contributed by atoms with Gasteiger partial charge in [-0.2, -0.15) is 4.31 Å². The normalized spacial score (nSPS) is 15.9. The summed E-state index contributed by atoms with van der Waals surface area (Å²) in [6.45, 7) is 0.799. The number of ether oxygens (including phenoxy) is 1. The van der Waals surface area contributed by atoms with Crippen molar-refractivity contribution in [3.05, 3.63) is 64.3 Å². The van der Waals surface area contributed by atoms with Gasteiger partial charge in [-0.05, 0) is 23.8 Å². The van der Waals surface area contributed by atoms with Crippen LogP contribution in [0.3, 0.4) is 0 Å². The zero-order chi connectivity index (χ0) is 23.6. The first-order valence-electron chi connectivity index (χ1n) is 10.2. The molecule has 3 aromatic rings. The first kappa shape index (κ1) is 22.7. The summed E-state index contributed by atoms with van der Waals surface area (Å²) in [5.74, 6) is -1.19. The van der Waals surface area contributed by atoms with Crippen LogP contribution in [0.5, 0.6) is 0 Å². The molecule has 0 bridgehead atoms. The van der Waals surface area contributed by atoms with Crippen molar-refractivity contribution in [2.75, 3.05) is 31.6 Å². The number of para-hydroxylation sites is 1. The van der Waals surface area contributed by atoms with Crippen LogP contribution in [0.15, 0.2) is 53.6 Å². The van der Waals surface area contributed by atoms with E-state index in [1.54, 1.807) is 6.20 Å². The number of aliphatic carboxylic acids is 1. The first-order valence-corrected chi connectivity index (χ1v) is 11.6. The van der Waals surface area contributed by atoms with E-state index >= 15 is 0 Å². The minimum Gasteiger partial charge on any atom is -0.480 e. The third-order valence-electron chi connectivity index (χ3n) is 5.50. The van der Waals surface area contributed by atoms with Gasteiger partial charge in [-0.3, -0.25) is 10.1 Å². The average Bonchev–Trinajstić information content (AvgIpc) is 3.22. The maximum Gasteiger partial charge on any atom is 0.326 e. The summed E-state index contributed by atoms with van der Waals surface area (Å²) >= 11 is 0. The van der Waals surface area contributed by atoms with Gasteiger partial charge in [0.2, 0.25) is 10.0 Å². The van der Waals surface area contributed by atoms with Crippen molar-refractivity contribution in [2.24, 2.45) is 0 Å². The van der Waals surface area contributed by atoms with Gasteiger partial charge in [0.1, 0.15) is 11.7 Å². The number of hydrogen-bond acceptors (Lipinski definition) is 7. The summed E-state index contributed by atoms with van der Waals surface area (Å²) in [6.07, 6.45) is 1.76. The fourth-order valence-electron chi connectivity index (χ4n) is 3.79. The van der Waals surface area contributed by atoms with Gasteiger partial charge >= 0.3 is 5.97 Å². The molecule has 12 heteroatoms. The fraction of sp³-hybridized carbons (Fsp3) is 0.286. The quantitative estimate of drug-likeness (QED) is 0.331. The molecule has 174 valence electrons. The largest absolute Gasteiger partial charge is 0.480 e. The van der Waals surface area contributed by atoms with Crippen molar-refractivity contribution < 1.29 is 28.0 Å². The Bertz CT molecular complexity index is 1300. The summed E-state index contributed by atoms with van der Waals surface area (Å²) in [4.78, 5) is 25.7. The molecular weight excluding hydrogens is 452 g/mol. The molecule has 1 aliphatic heterocycles. The predicted octanol–water partition coefficient (Wildman–Crippen LogP) is 2.20. The number of morpholine rings is 1. The highest BCUT2D eigenvalue weighted by Crippen LogP contribution is 2.30. The summed E-state index contributed by atoms with van der Waals surface area (Å²) in [5, 5.41) is 25.0. The Kier molecular flexibility index (Phi) is 6.31. The number of nitrogens with one attached hydrogen (secondary N) is 2. The predicted molar refractivity (Wildman–Crippen MR) is 120 cm³/mol. The number of sulfonamides is 1. The molecule has 33 heavy (non-hydrogen) atoms. The number of fused-ring (bicyclic) bond motifs is 1. The van der Waals surface area contributed by atoms with Crippen LogP contribution in [-0.4, -0.2) is 66.1 Å². The average molecular weight is 474 g/mol. The first-order chi connectivity index (χ1) is 15.8. The van der Waals surface area contributed by atoms with Gasteiger partial charge in [0.25, 0.3) is 5.69 Å². The fourth-order valence-corrected chi connectivity index (χ4v) is 5.22. The second-order valence-electron chi connectivity index (χ2n) is 7.55. The van der Waals surface area contributed by atoms with Crippen molar-refractivity contribution in [3.8, 4) is 0 Å². The van der Waals surface area contributed by atoms with E-state index < -0.39 is 32.6 Å². The zero-order valence-corrected chi connectivity index (χ0v) is 18.2. The van der Waals surface area contributed by atoms with Crippen LogP contribution in [0.2, 0.25) is 0 Å². The Hall–Kier alpha value is -3.48. The monoisotopic (exact) mass is 474 g/mol. The zero-order valence-electron chi connectivity index (χ0n) is 17.4. The molecule has 4 rings (SSSR count). The molecule has 0 aliphatic carbocycles. The second-order valence-corrected chi connectivity index (χ2v) is 9.49. The van der Waals surface area contributed by atoms with Gasteiger partial charge in [0.05, 0.1) is 23.0 Å². The number of H-pyrrole nitrogens is 1. The standard InChI is InChI=1S/C21H22N4O7S/c26-21(27)19(11-14-13-22-17-4-2-1-3-16(14)17)23-18-6-5-15(12-20(18)25(28)29)33(30,31)24-7-9-32-10-8-24/h1-6,12-13,19,22-23H,7-11H2,(H,26,27). The minimum absolute atomic E-state index is 0.0598. The van der Waals surface area contributed by atoms with E-state index in [4.69, 9.17) is 4.74 Å². The molecular formula is C21H22N4O7S. The molecule has 11 nitrogen and oxygen atoms in total. The van der Waals surface area contributed by atoms with Gasteiger partial charge in [-0.1, -0.05) is 18.2 Å². The molecule has 1 aromatic heterocycles. The molecule has 1 fully saturated rings. The van der Waals surface area contributed by atoms with Gasteiger partial charge < -0.3 is 20.1 Å². The van der Waals surface area contributed by atoms with E-state index in [0.29, 0.717) is 0 Å². The van der Waals surface area contributed by atoms with Crippen LogP contribution in [-0.2, 0) is 26.0 Å². The topological polar surface area (TPSA) is 155 Å². The van der Waals surface area contributed by atoms with E-state index in [1.165, 1.54) is 16.4 Å². The highest BCUT2D eigenvalue weighted by atomic mass is 32.2. The number of anilines is 1. The number of carboxylic acid groups (broad SMARTS) is 1. The van der Waals surface area contributed by atoms with E-state index in [-0.39, 0.29) is 43.3 Å². The van der Waals surface area contributed by atoms with Crippen LogP contribution < -0.4 is 5.32 Å². The molecule has 1 unspecified atom stereocenters. The number of carbonyl (C=O) groups is 1. The highest BCUT2D eigenvalue weighted by Gasteiger charge is 2.30. The van der Waals surface area contributed by atoms with Gasteiger partial charge in [-0.25, -0.2) is 13.2 Å². The lowest BCUT2D eigenvalue weighted by atomic mass is 10.0. The Morgan fingerprint density at radius 3 is 2.67 bits per heavy atom. The maximum absolute atomic E-state index is 12.9. The lowest BCUT2D eigenvalue weighted by Crippen LogP contribution is -2.40. The van der Waals surface area contributed by atoms with Crippen LogP contribution in [0.1, 0.15) is 5.56 Å². The molecule has 1 aliphatic rings. The molecule has 3 N–H and O–H groups in total. The molecule has 0 saturated carbocycles. The third-order valence-corrected chi connectivity index (χ3v) is 7.40. The molecule has 0 spiro atoms. The van der Waals surface area contributed by atoms with E-state index in [0.717, 1.165) is 22.5 Å². The number of rotatable bonds is 8. The van der Waals surface area contributed by atoms with Crippen molar-refractivity contribution in [2.45, 2.75) is 17.4 Å². The number of carboxylic acids is 1. The third kappa shape index (κ3) is 4.67. The number of nitro groups is 1. The summed E-state index contributed by atoms with van der Waals surface area (Å²) in [6, 6.07) is 9.66. The maximum atomic E-state index is 12.9. The van der Waals surface area contributed by atoms with Gasteiger partial charge in [0.15, 0.2) is 0 Å². The second kappa shape index (κ2) is 9.17. The summed E-state index contributed by atoms with van der Waals surface area (Å²) in [7, 11) is -3.94. The Labute approximate surface area is 189 Å². The van der Waals surface area contributed by atoms with Crippen molar-refractivity contribution in [1.29, 1.82) is 0 Å². The summed E-state index contributed by atoms with van der Waals surface area (Å²) < 4.78 is 32.1. The van der Waals surface area contributed by atoms with E-state index in [2.05, 4.69) is 10.3 Å². The minimum atomic E-state index is -3.94. The number of aromatic amines is 1. The van der Waals surface area contributed by atoms with Gasteiger partial charge in [-0.15, -0.1) is 0 Å². The van der Waals surface area contributed by atoms with Crippen molar-refractivity contribution in [1.82, 2.24) is 9.29 Å². The highest BCUT2D eigenvalue weighted by molar-refractivity contribution is 7.89. The Morgan fingerprint density at radius 1 is 1.24 bits per heavy atom. The van der Waals surface area contributed by atoms with Crippen LogP contribution >= 0.6 is 0 Å². The van der Waals surface area contributed by atoms with Crippen LogP contribution in [0, 0.1) is 10.1 Å². The van der Waals surface area contributed by atoms with E-state index in [1.807, 2.05) is 24.3 Å². The smallest absolute Gasteiger partial charge is 0.326 e. The molecule has 0 radical (unpaired) electrons. The van der Waals surface area contributed by atoms with Crippen molar-refractivity contribution in [3.63, 3.8) is 0 Å². The molecule has 2 aromatic carbocycles. The molecule has 1 saturated heterocycles. The Morgan fingerprint density at radius 2 is 1.97 bits per heavy atom. The molecule has 0 amide bonds. The number of nitro benzene ring substituents is 1. The number of aromatic nitrogens is 1.